The van der Waals surface area contributed by atoms with Crippen LogP contribution in [0.4, 0.5) is 5.69 Å². The monoisotopic (exact) mass is 374 g/mol. The molecule has 0 spiro atoms. The van der Waals surface area contributed by atoms with Crippen molar-refractivity contribution >= 4 is 21.6 Å². The number of fused-ring (bicyclic) bond motifs is 1. The Morgan fingerprint density at radius 3 is 2.50 bits per heavy atom. The van der Waals surface area contributed by atoms with Gasteiger partial charge in [0.25, 0.3) is 15.9 Å². The first kappa shape index (κ1) is 18.6. The van der Waals surface area contributed by atoms with Crippen molar-refractivity contribution in [2.24, 2.45) is 0 Å². The second-order valence-electron chi connectivity index (χ2n) is 6.31. The van der Waals surface area contributed by atoms with Crippen LogP contribution < -0.4 is 4.90 Å². The highest BCUT2D eigenvalue weighted by molar-refractivity contribution is 7.89. The lowest BCUT2D eigenvalue weighted by Crippen LogP contribution is -2.35. The molecule has 3 rings (SSSR count). The lowest BCUT2D eigenvalue weighted by atomic mass is 9.99. The molecule has 26 heavy (non-hydrogen) atoms. The molecule has 2 aromatic carbocycles. The van der Waals surface area contributed by atoms with Crippen molar-refractivity contribution in [1.29, 1.82) is 0 Å². The topological polar surface area (TPSA) is 66.9 Å². The summed E-state index contributed by atoms with van der Waals surface area (Å²) in [5.41, 5.74) is 3.74. The fourth-order valence-electron chi connectivity index (χ4n) is 3.11. The van der Waals surface area contributed by atoms with Crippen molar-refractivity contribution in [3.05, 3.63) is 59.2 Å². The molecule has 1 amide bonds. The average Bonchev–Trinajstić information content (AvgIpc) is 2.66. The number of carbonyl (C=O) groups excluding carboxylic acids is 1. The maximum atomic E-state index is 12.9. The third-order valence-corrected chi connectivity index (χ3v) is 6.29. The van der Waals surface area contributed by atoms with Crippen LogP contribution in [0, 0.1) is 6.92 Å². The third-order valence-electron chi connectivity index (χ3n) is 4.59. The van der Waals surface area contributed by atoms with Gasteiger partial charge in [-0.25, -0.2) is 8.42 Å². The van der Waals surface area contributed by atoms with Gasteiger partial charge in [-0.1, -0.05) is 22.2 Å². The molecule has 0 atom stereocenters. The first-order valence-corrected chi connectivity index (χ1v) is 9.83. The Labute approximate surface area is 154 Å². The Hall–Kier alpha value is -2.22. The van der Waals surface area contributed by atoms with E-state index in [1.807, 2.05) is 19.1 Å². The fourth-order valence-corrected chi connectivity index (χ4v) is 4.08. The maximum absolute atomic E-state index is 12.9. The molecular formula is C19H22N2O4S. The number of hydrogen-bond donors (Lipinski definition) is 0. The van der Waals surface area contributed by atoms with Crippen molar-refractivity contribution in [2.75, 3.05) is 25.6 Å². The highest BCUT2D eigenvalue weighted by Crippen LogP contribution is 2.29. The number of nitrogens with zero attached hydrogens (tertiary/aromatic N) is 2. The van der Waals surface area contributed by atoms with Crippen molar-refractivity contribution in [3.8, 4) is 0 Å². The Balaban J connectivity index is 1.88. The van der Waals surface area contributed by atoms with Crippen LogP contribution in [0.15, 0.2) is 47.4 Å². The molecule has 1 aliphatic rings. The Bertz CT molecular complexity index is 923. The Morgan fingerprint density at radius 2 is 1.85 bits per heavy atom. The summed E-state index contributed by atoms with van der Waals surface area (Å²) in [6, 6.07) is 12.0. The van der Waals surface area contributed by atoms with E-state index < -0.39 is 10.0 Å². The number of carbonyl (C=O) groups is 1. The molecule has 0 saturated heterocycles. The Kier molecular flexibility index (Phi) is 5.13. The summed E-state index contributed by atoms with van der Waals surface area (Å²) < 4.78 is 25.3. The van der Waals surface area contributed by atoms with Gasteiger partial charge in [-0.05, 0) is 55.7 Å². The van der Waals surface area contributed by atoms with Crippen LogP contribution in [0.1, 0.15) is 27.9 Å². The number of rotatable bonds is 4. The summed E-state index contributed by atoms with van der Waals surface area (Å²) >= 11 is 0. The van der Waals surface area contributed by atoms with E-state index in [0.717, 1.165) is 23.0 Å². The van der Waals surface area contributed by atoms with E-state index in [2.05, 4.69) is 6.07 Å². The standard InChI is InChI=1S/C19H22N2O4S/c1-14-6-11-18-16(13-14)5-4-12-21(18)19(22)15-7-9-17(10-8-15)26(23,24)20(2)25-3/h6-11,13H,4-5,12H2,1-3H3. The first-order valence-electron chi connectivity index (χ1n) is 8.39. The summed E-state index contributed by atoms with van der Waals surface area (Å²) in [6.07, 6.45) is 1.87. The minimum atomic E-state index is -3.72. The molecule has 0 saturated carbocycles. The molecule has 7 heteroatoms. The van der Waals surface area contributed by atoms with Crippen molar-refractivity contribution in [3.63, 3.8) is 0 Å². The van der Waals surface area contributed by atoms with Crippen LogP contribution >= 0.6 is 0 Å². The predicted octanol–water partition coefficient (Wildman–Crippen LogP) is 2.77. The summed E-state index contributed by atoms with van der Waals surface area (Å²) in [4.78, 5) is 19.5. The highest BCUT2D eigenvalue weighted by Gasteiger charge is 2.25. The molecular weight excluding hydrogens is 352 g/mol. The van der Waals surface area contributed by atoms with Gasteiger partial charge in [0.2, 0.25) is 0 Å². The molecule has 0 bridgehead atoms. The molecule has 1 aliphatic heterocycles. The summed E-state index contributed by atoms with van der Waals surface area (Å²) in [5.74, 6) is -0.126. The van der Waals surface area contributed by atoms with Gasteiger partial charge in [0.15, 0.2) is 0 Å². The zero-order valence-corrected chi connectivity index (χ0v) is 15.9. The third kappa shape index (κ3) is 3.38. The second-order valence-corrected chi connectivity index (χ2v) is 8.25. The van der Waals surface area contributed by atoms with E-state index >= 15 is 0 Å². The molecule has 0 aromatic heterocycles. The van der Waals surface area contributed by atoms with Gasteiger partial charge < -0.3 is 4.90 Å². The lowest BCUT2D eigenvalue weighted by Gasteiger charge is -2.30. The number of aryl methyl sites for hydroxylation is 2. The normalized spacial score (nSPS) is 14.4. The number of hydroxylamine groups is 1. The maximum Gasteiger partial charge on any atom is 0.264 e. The van der Waals surface area contributed by atoms with Gasteiger partial charge >= 0.3 is 0 Å². The minimum absolute atomic E-state index is 0.0769. The van der Waals surface area contributed by atoms with Crippen LogP contribution in [-0.2, 0) is 21.3 Å². The van der Waals surface area contributed by atoms with E-state index in [0.29, 0.717) is 12.1 Å². The predicted molar refractivity (Wildman–Crippen MR) is 99.6 cm³/mol. The number of benzene rings is 2. The van der Waals surface area contributed by atoms with Crippen molar-refractivity contribution in [2.45, 2.75) is 24.7 Å². The quantitative estimate of drug-likeness (QED) is 0.772. The molecule has 138 valence electrons. The van der Waals surface area contributed by atoms with Gasteiger partial charge in [0.1, 0.15) is 0 Å². The van der Waals surface area contributed by atoms with Gasteiger partial charge in [-0.2, -0.15) is 0 Å². The number of amides is 1. The number of anilines is 1. The SMILES string of the molecule is CON(C)S(=O)(=O)c1ccc(C(=O)N2CCCc3cc(C)ccc32)cc1. The molecule has 0 N–H and O–H groups in total. The first-order chi connectivity index (χ1) is 12.3. The van der Waals surface area contributed by atoms with Crippen molar-refractivity contribution < 1.29 is 18.0 Å². The van der Waals surface area contributed by atoms with E-state index in [1.165, 1.54) is 37.4 Å². The smallest absolute Gasteiger partial charge is 0.264 e. The van der Waals surface area contributed by atoms with E-state index in [1.54, 1.807) is 17.0 Å². The average molecular weight is 374 g/mol. The molecule has 2 aromatic rings. The van der Waals surface area contributed by atoms with Crippen LogP contribution in [0.25, 0.3) is 0 Å². The molecule has 6 nitrogen and oxygen atoms in total. The van der Waals surface area contributed by atoms with Crippen LogP contribution in [0.3, 0.4) is 0 Å². The lowest BCUT2D eigenvalue weighted by molar-refractivity contribution is -0.0258. The zero-order chi connectivity index (χ0) is 18.9. The second kappa shape index (κ2) is 7.19. The van der Waals surface area contributed by atoms with Gasteiger partial charge in [-0.15, -0.1) is 0 Å². The molecule has 0 aliphatic carbocycles. The molecule has 1 heterocycles. The van der Waals surface area contributed by atoms with E-state index in [9.17, 15) is 13.2 Å². The largest absolute Gasteiger partial charge is 0.308 e. The molecule has 0 unspecified atom stereocenters. The number of hydrogen-bond acceptors (Lipinski definition) is 4. The van der Waals surface area contributed by atoms with Crippen LogP contribution in [-0.4, -0.2) is 39.5 Å². The summed E-state index contributed by atoms with van der Waals surface area (Å²) in [7, 11) is -1.12. The number of sulfonamides is 1. The van der Waals surface area contributed by atoms with Crippen molar-refractivity contribution in [1.82, 2.24) is 4.47 Å². The van der Waals surface area contributed by atoms with Crippen LogP contribution in [0.2, 0.25) is 0 Å². The van der Waals surface area contributed by atoms with E-state index in [4.69, 9.17) is 4.84 Å². The molecule has 0 radical (unpaired) electrons. The molecule has 0 fully saturated rings. The van der Waals surface area contributed by atoms with Crippen LogP contribution in [0.5, 0.6) is 0 Å². The fraction of sp³-hybridized carbons (Fsp3) is 0.316. The Morgan fingerprint density at radius 1 is 1.15 bits per heavy atom. The van der Waals surface area contributed by atoms with Gasteiger partial charge in [-0.3, -0.25) is 9.63 Å². The van der Waals surface area contributed by atoms with Gasteiger partial charge in [0.05, 0.1) is 12.0 Å². The summed E-state index contributed by atoms with van der Waals surface area (Å²) in [6.45, 7) is 2.69. The highest BCUT2D eigenvalue weighted by atomic mass is 32.2. The minimum Gasteiger partial charge on any atom is -0.308 e. The zero-order valence-electron chi connectivity index (χ0n) is 15.1. The summed E-state index contributed by atoms with van der Waals surface area (Å²) in [5, 5.41) is 0. The van der Waals surface area contributed by atoms with Gasteiger partial charge in [0, 0.05) is 24.8 Å². The van der Waals surface area contributed by atoms with E-state index in [-0.39, 0.29) is 10.8 Å².